The lowest BCUT2D eigenvalue weighted by atomic mass is 10.1. The number of rotatable bonds is 5. The number of nitrogens with two attached hydrogens (primary N) is 1. The Balaban J connectivity index is 2.06. The summed E-state index contributed by atoms with van der Waals surface area (Å²) in [7, 11) is 1.36. The van der Waals surface area contributed by atoms with Gasteiger partial charge in [0, 0.05) is 24.6 Å². The Morgan fingerprint density at radius 3 is 2.85 bits per heavy atom. The van der Waals surface area contributed by atoms with E-state index in [1.54, 1.807) is 6.07 Å². The van der Waals surface area contributed by atoms with Crippen LogP contribution < -0.4 is 5.73 Å². The summed E-state index contributed by atoms with van der Waals surface area (Å²) in [5.74, 6) is -0.374. The van der Waals surface area contributed by atoms with Crippen molar-refractivity contribution in [2.45, 2.75) is 25.9 Å². The Labute approximate surface area is 118 Å². The molecule has 0 aliphatic heterocycles. The van der Waals surface area contributed by atoms with Crippen LogP contribution in [0.25, 0.3) is 0 Å². The highest BCUT2D eigenvalue weighted by Crippen LogP contribution is 2.14. The van der Waals surface area contributed by atoms with Gasteiger partial charge >= 0.3 is 5.97 Å². The number of pyridine rings is 1. The third kappa shape index (κ3) is 3.24. The molecule has 2 N–H and O–H groups in total. The number of esters is 1. The number of hydrogen-bond donors (Lipinski definition) is 1. The molecule has 5 heteroatoms. The van der Waals surface area contributed by atoms with Crippen LogP contribution in [0.4, 0.5) is 0 Å². The van der Waals surface area contributed by atoms with Gasteiger partial charge in [0.2, 0.25) is 0 Å². The summed E-state index contributed by atoms with van der Waals surface area (Å²) in [5, 5.41) is 0. The van der Waals surface area contributed by atoms with Crippen LogP contribution in [0.15, 0.2) is 36.8 Å². The Hall–Kier alpha value is -2.14. The predicted molar refractivity (Wildman–Crippen MR) is 76.3 cm³/mol. The molecule has 5 nitrogen and oxygen atoms in total. The molecule has 0 spiro atoms. The molecule has 0 radical (unpaired) electrons. The van der Waals surface area contributed by atoms with Crippen molar-refractivity contribution in [2.24, 2.45) is 5.73 Å². The molecule has 0 amide bonds. The van der Waals surface area contributed by atoms with Gasteiger partial charge in [-0.2, -0.15) is 0 Å². The minimum Gasteiger partial charge on any atom is -0.465 e. The summed E-state index contributed by atoms with van der Waals surface area (Å²) in [6.45, 7) is 2.72. The first-order valence-corrected chi connectivity index (χ1v) is 6.58. The molecular weight excluding hydrogens is 254 g/mol. The van der Waals surface area contributed by atoms with E-state index >= 15 is 0 Å². The first-order chi connectivity index (χ1) is 9.63. The minimum absolute atomic E-state index is 0.0749. The number of aromatic nitrogens is 2. The third-order valence-electron chi connectivity index (χ3n) is 3.23. The standard InChI is InChI=1S/C15H19N3O2/c1-3-14(16)12-6-7-18(9-12)10-13-5-4-11(8-17-13)15(19)20-2/h4-9,14H,3,10,16H2,1-2H3. The van der Waals surface area contributed by atoms with Crippen molar-refractivity contribution in [3.63, 3.8) is 0 Å². The normalized spacial score (nSPS) is 12.2. The lowest BCUT2D eigenvalue weighted by Crippen LogP contribution is -2.08. The Kier molecular flexibility index (Phi) is 4.53. The van der Waals surface area contributed by atoms with Crippen molar-refractivity contribution >= 4 is 5.97 Å². The van der Waals surface area contributed by atoms with Gasteiger partial charge in [-0.25, -0.2) is 4.79 Å². The topological polar surface area (TPSA) is 70.1 Å². The summed E-state index contributed by atoms with van der Waals surface area (Å²) in [6.07, 6.45) is 6.46. The van der Waals surface area contributed by atoms with Gasteiger partial charge in [0.25, 0.3) is 0 Å². The van der Waals surface area contributed by atoms with Crippen LogP contribution in [-0.4, -0.2) is 22.6 Å². The van der Waals surface area contributed by atoms with E-state index in [9.17, 15) is 4.79 Å². The largest absolute Gasteiger partial charge is 0.465 e. The number of methoxy groups -OCH3 is 1. The Bertz CT molecular complexity index is 575. The van der Waals surface area contributed by atoms with E-state index in [-0.39, 0.29) is 12.0 Å². The zero-order valence-electron chi connectivity index (χ0n) is 11.7. The first kappa shape index (κ1) is 14.3. The van der Waals surface area contributed by atoms with E-state index in [1.807, 2.05) is 29.1 Å². The van der Waals surface area contributed by atoms with Gasteiger partial charge in [0.15, 0.2) is 0 Å². The second kappa shape index (κ2) is 6.34. The van der Waals surface area contributed by atoms with Crippen LogP contribution in [0, 0.1) is 0 Å². The van der Waals surface area contributed by atoms with Crippen LogP contribution in [0.5, 0.6) is 0 Å². The minimum atomic E-state index is -0.374. The number of carbonyl (C=O) groups is 1. The first-order valence-electron chi connectivity index (χ1n) is 6.58. The van der Waals surface area contributed by atoms with Gasteiger partial charge in [0.05, 0.1) is 24.9 Å². The second-order valence-electron chi connectivity index (χ2n) is 4.66. The molecule has 0 aromatic carbocycles. The summed E-state index contributed by atoms with van der Waals surface area (Å²) in [4.78, 5) is 15.6. The molecular formula is C15H19N3O2. The fourth-order valence-electron chi connectivity index (χ4n) is 1.96. The van der Waals surface area contributed by atoms with Gasteiger partial charge in [-0.15, -0.1) is 0 Å². The molecule has 0 aliphatic rings. The lowest BCUT2D eigenvalue weighted by molar-refractivity contribution is 0.0600. The molecule has 0 saturated carbocycles. The molecule has 2 aromatic heterocycles. The van der Waals surface area contributed by atoms with Crippen LogP contribution in [-0.2, 0) is 11.3 Å². The molecule has 0 fully saturated rings. The van der Waals surface area contributed by atoms with Gasteiger partial charge in [-0.1, -0.05) is 6.92 Å². The third-order valence-corrected chi connectivity index (χ3v) is 3.23. The average molecular weight is 273 g/mol. The molecule has 0 aliphatic carbocycles. The van der Waals surface area contributed by atoms with E-state index in [0.717, 1.165) is 17.7 Å². The zero-order chi connectivity index (χ0) is 14.5. The van der Waals surface area contributed by atoms with Gasteiger partial charge < -0.3 is 15.0 Å². The predicted octanol–water partition coefficient (Wildman–Crippen LogP) is 2.13. The summed E-state index contributed by atoms with van der Waals surface area (Å²) < 4.78 is 6.67. The van der Waals surface area contributed by atoms with Crippen LogP contribution >= 0.6 is 0 Å². The van der Waals surface area contributed by atoms with Crippen molar-refractivity contribution in [3.05, 3.63) is 53.6 Å². The molecule has 20 heavy (non-hydrogen) atoms. The molecule has 0 saturated heterocycles. The molecule has 2 heterocycles. The van der Waals surface area contributed by atoms with Gasteiger partial charge in [-0.05, 0) is 30.2 Å². The number of nitrogens with zero attached hydrogens (tertiary/aromatic N) is 2. The highest BCUT2D eigenvalue weighted by atomic mass is 16.5. The molecule has 0 bridgehead atoms. The quantitative estimate of drug-likeness (QED) is 0.847. The van der Waals surface area contributed by atoms with E-state index in [1.165, 1.54) is 13.3 Å². The molecule has 1 unspecified atom stereocenters. The number of hydrogen-bond acceptors (Lipinski definition) is 4. The zero-order valence-corrected chi connectivity index (χ0v) is 11.7. The van der Waals surface area contributed by atoms with Gasteiger partial charge in [-0.3, -0.25) is 4.98 Å². The average Bonchev–Trinajstić information content (AvgIpc) is 2.95. The van der Waals surface area contributed by atoms with Crippen LogP contribution in [0.2, 0.25) is 0 Å². The van der Waals surface area contributed by atoms with Crippen molar-refractivity contribution in [1.29, 1.82) is 0 Å². The van der Waals surface area contributed by atoms with E-state index in [0.29, 0.717) is 12.1 Å². The van der Waals surface area contributed by atoms with Crippen molar-refractivity contribution in [1.82, 2.24) is 9.55 Å². The van der Waals surface area contributed by atoms with E-state index < -0.39 is 0 Å². The second-order valence-corrected chi connectivity index (χ2v) is 4.66. The summed E-state index contributed by atoms with van der Waals surface area (Å²) in [6, 6.07) is 5.64. The molecule has 106 valence electrons. The van der Waals surface area contributed by atoms with E-state index in [2.05, 4.69) is 16.6 Å². The monoisotopic (exact) mass is 273 g/mol. The summed E-state index contributed by atoms with van der Waals surface area (Å²) in [5.41, 5.74) is 8.45. The van der Waals surface area contributed by atoms with Crippen molar-refractivity contribution < 1.29 is 9.53 Å². The highest BCUT2D eigenvalue weighted by molar-refractivity contribution is 5.88. The maximum atomic E-state index is 11.3. The number of ether oxygens (including phenoxy) is 1. The lowest BCUT2D eigenvalue weighted by Gasteiger charge is -2.06. The Morgan fingerprint density at radius 2 is 2.25 bits per heavy atom. The molecule has 2 rings (SSSR count). The molecule has 2 aromatic rings. The maximum absolute atomic E-state index is 11.3. The molecule has 1 atom stereocenters. The van der Waals surface area contributed by atoms with Crippen molar-refractivity contribution in [2.75, 3.05) is 7.11 Å². The van der Waals surface area contributed by atoms with Crippen LogP contribution in [0.1, 0.15) is 41.0 Å². The maximum Gasteiger partial charge on any atom is 0.339 e. The SMILES string of the molecule is CCC(N)c1ccn(Cc2ccc(C(=O)OC)cn2)c1. The van der Waals surface area contributed by atoms with Crippen molar-refractivity contribution in [3.8, 4) is 0 Å². The van der Waals surface area contributed by atoms with Crippen LogP contribution in [0.3, 0.4) is 0 Å². The van der Waals surface area contributed by atoms with Gasteiger partial charge in [0.1, 0.15) is 0 Å². The smallest absolute Gasteiger partial charge is 0.339 e. The fraction of sp³-hybridized carbons (Fsp3) is 0.333. The Morgan fingerprint density at radius 1 is 1.45 bits per heavy atom. The number of carbonyl (C=O) groups excluding carboxylic acids is 1. The van der Waals surface area contributed by atoms with E-state index in [4.69, 9.17) is 5.73 Å². The summed E-state index contributed by atoms with van der Waals surface area (Å²) >= 11 is 0. The highest BCUT2D eigenvalue weighted by Gasteiger charge is 2.07. The fourth-order valence-corrected chi connectivity index (χ4v) is 1.96.